The van der Waals surface area contributed by atoms with Gasteiger partial charge in [0.1, 0.15) is 23.9 Å². The van der Waals surface area contributed by atoms with Crippen LogP contribution in [0.2, 0.25) is 0 Å². The number of cyclic esters (lactones) is 1. The first-order valence-electron chi connectivity index (χ1n) is 11.4. The fourth-order valence-electron chi connectivity index (χ4n) is 3.36. The Balaban J connectivity index is 2.37. The smallest absolute Gasteiger partial charge is 0.430 e. The maximum atomic E-state index is 13.7. The molecule has 0 spiro atoms. The Morgan fingerprint density at radius 3 is 2.29 bits per heavy atom. The highest BCUT2D eigenvalue weighted by Crippen LogP contribution is 2.22. The summed E-state index contributed by atoms with van der Waals surface area (Å²) in [6.45, 7) is 13.6. The van der Waals surface area contributed by atoms with Crippen LogP contribution in [0.4, 0.5) is 14.4 Å². The molecule has 1 unspecified atom stereocenters. The maximum Gasteiger partial charge on any atom is 0.430 e. The van der Waals surface area contributed by atoms with E-state index in [1.54, 1.807) is 41.5 Å². The molecular weight excluding hydrogens is 454 g/mol. The molecule has 10 heteroatoms. The van der Waals surface area contributed by atoms with Crippen LogP contribution in [0.25, 0.3) is 0 Å². The number of hydrogen-bond acceptors (Lipinski definition) is 7. The number of hydrogen-bond donors (Lipinski definition) is 1. The second kappa shape index (κ2) is 11.2. The van der Waals surface area contributed by atoms with Crippen LogP contribution in [0.5, 0.6) is 0 Å². The number of nitrogens with zero attached hydrogens (tertiary/aromatic N) is 2. The lowest BCUT2D eigenvalue weighted by Gasteiger charge is -2.34. The van der Waals surface area contributed by atoms with Gasteiger partial charge in [-0.05, 0) is 59.9 Å². The van der Waals surface area contributed by atoms with Crippen LogP contribution in [0.1, 0.15) is 53.5 Å². The van der Waals surface area contributed by atoms with Crippen molar-refractivity contribution in [3.05, 3.63) is 48.6 Å². The molecule has 0 bridgehead atoms. The molecule has 0 saturated carbocycles. The number of hydrazine groups is 1. The van der Waals surface area contributed by atoms with Gasteiger partial charge in [0, 0.05) is 0 Å². The number of carbonyl (C=O) groups is 4. The van der Waals surface area contributed by atoms with Crippen molar-refractivity contribution in [2.75, 3.05) is 6.61 Å². The van der Waals surface area contributed by atoms with Crippen molar-refractivity contribution in [2.45, 2.75) is 77.7 Å². The van der Waals surface area contributed by atoms with Gasteiger partial charge >= 0.3 is 18.3 Å². The lowest BCUT2D eigenvalue weighted by Crippen LogP contribution is -2.60. The molecule has 4 amide bonds. The summed E-state index contributed by atoms with van der Waals surface area (Å²) >= 11 is 0. The predicted octanol–water partition coefficient (Wildman–Crippen LogP) is 4.20. The van der Waals surface area contributed by atoms with Gasteiger partial charge in [0.25, 0.3) is 5.91 Å². The fourth-order valence-corrected chi connectivity index (χ4v) is 3.36. The maximum absolute atomic E-state index is 13.7. The van der Waals surface area contributed by atoms with Gasteiger partial charge in [-0.25, -0.2) is 29.7 Å². The summed E-state index contributed by atoms with van der Waals surface area (Å²) < 4.78 is 15.8. The normalized spacial score (nSPS) is 16.7. The lowest BCUT2D eigenvalue weighted by atomic mass is 10.0. The molecule has 2 atom stereocenters. The molecule has 0 aromatic heterocycles. The zero-order valence-electron chi connectivity index (χ0n) is 21.2. The van der Waals surface area contributed by atoms with Crippen molar-refractivity contribution in [1.29, 1.82) is 0 Å². The van der Waals surface area contributed by atoms with E-state index in [-0.39, 0.29) is 13.0 Å². The quantitative estimate of drug-likeness (QED) is 0.362. The first-order valence-corrected chi connectivity index (χ1v) is 11.4. The summed E-state index contributed by atoms with van der Waals surface area (Å²) in [5.41, 5.74) is 1.44. The molecule has 1 aliphatic heterocycles. The van der Waals surface area contributed by atoms with E-state index in [0.717, 1.165) is 15.5 Å². The summed E-state index contributed by atoms with van der Waals surface area (Å²) in [6, 6.07) is 7.41. The highest BCUT2D eigenvalue weighted by molar-refractivity contribution is 5.98. The third kappa shape index (κ3) is 8.31. The largest absolute Gasteiger partial charge is 0.447 e. The summed E-state index contributed by atoms with van der Waals surface area (Å²) in [6.07, 6.45) is -1.08. The van der Waals surface area contributed by atoms with Crippen LogP contribution in [-0.4, -0.2) is 64.0 Å². The van der Waals surface area contributed by atoms with Gasteiger partial charge < -0.3 is 14.2 Å². The first kappa shape index (κ1) is 27.7. The van der Waals surface area contributed by atoms with Gasteiger partial charge in [-0.1, -0.05) is 36.4 Å². The van der Waals surface area contributed by atoms with E-state index in [1.807, 2.05) is 30.3 Å². The molecule has 1 aromatic rings. The van der Waals surface area contributed by atoms with Crippen molar-refractivity contribution in [3.8, 4) is 0 Å². The Bertz CT molecular complexity index is 935. The molecule has 1 fully saturated rings. The summed E-state index contributed by atoms with van der Waals surface area (Å²) in [7, 11) is 0. The number of imide groups is 1. The van der Waals surface area contributed by atoms with Gasteiger partial charge in [0.05, 0.1) is 6.04 Å². The van der Waals surface area contributed by atoms with Crippen molar-refractivity contribution >= 4 is 24.2 Å². The van der Waals surface area contributed by atoms with Crippen molar-refractivity contribution in [1.82, 2.24) is 15.3 Å². The topological polar surface area (TPSA) is 114 Å². The van der Waals surface area contributed by atoms with E-state index < -0.39 is 47.5 Å². The lowest BCUT2D eigenvalue weighted by molar-refractivity contribution is -0.135. The molecule has 1 aromatic carbocycles. The molecule has 1 heterocycles. The number of ether oxygens (including phenoxy) is 3. The predicted molar refractivity (Wildman–Crippen MR) is 128 cm³/mol. The average Bonchev–Trinajstić information content (AvgIpc) is 3.08. The molecule has 10 nitrogen and oxygen atoms in total. The van der Waals surface area contributed by atoms with Crippen molar-refractivity contribution in [2.24, 2.45) is 0 Å². The van der Waals surface area contributed by atoms with Crippen molar-refractivity contribution in [3.63, 3.8) is 0 Å². The Labute approximate surface area is 206 Å². The van der Waals surface area contributed by atoms with Gasteiger partial charge in [-0.2, -0.15) is 0 Å². The van der Waals surface area contributed by atoms with Crippen LogP contribution in [-0.2, 0) is 25.4 Å². The molecule has 0 aliphatic carbocycles. The molecule has 35 heavy (non-hydrogen) atoms. The van der Waals surface area contributed by atoms with Gasteiger partial charge in [0.15, 0.2) is 0 Å². The Morgan fingerprint density at radius 2 is 1.74 bits per heavy atom. The third-order valence-corrected chi connectivity index (χ3v) is 4.70. The van der Waals surface area contributed by atoms with Crippen LogP contribution in [0.3, 0.4) is 0 Å². The highest BCUT2D eigenvalue weighted by atomic mass is 16.6. The molecule has 1 N–H and O–H groups in total. The zero-order valence-corrected chi connectivity index (χ0v) is 21.2. The first-order chi connectivity index (χ1) is 16.2. The number of nitrogens with one attached hydrogen (secondary N) is 1. The Kier molecular flexibility index (Phi) is 8.89. The number of amides is 4. The van der Waals surface area contributed by atoms with E-state index in [2.05, 4.69) is 12.0 Å². The van der Waals surface area contributed by atoms with E-state index >= 15 is 0 Å². The number of benzene rings is 1. The van der Waals surface area contributed by atoms with Crippen LogP contribution >= 0.6 is 0 Å². The monoisotopic (exact) mass is 489 g/mol. The molecule has 0 radical (unpaired) electrons. The zero-order chi connectivity index (χ0) is 26.4. The Hall–Kier alpha value is -3.56. The SMILES string of the molecule is C=CCC(C(=O)N1C(=O)OC[C@@H]1Cc1ccccc1)N(NC(=O)OC(C)(C)C)C(=O)OC(C)(C)C. The van der Waals surface area contributed by atoms with E-state index in [9.17, 15) is 19.2 Å². The molecule has 1 aliphatic rings. The number of rotatable bonds is 6. The minimum Gasteiger partial charge on any atom is -0.447 e. The minimum atomic E-state index is -1.33. The van der Waals surface area contributed by atoms with Crippen LogP contribution in [0.15, 0.2) is 43.0 Å². The number of carbonyl (C=O) groups excluding carboxylic acids is 4. The molecule has 1 saturated heterocycles. The summed E-state index contributed by atoms with van der Waals surface area (Å²) in [5.74, 6) is -0.741. The van der Waals surface area contributed by atoms with Crippen LogP contribution < -0.4 is 5.43 Å². The summed E-state index contributed by atoms with van der Waals surface area (Å²) in [4.78, 5) is 52.8. The molecule has 2 rings (SSSR count). The molecular formula is C25H35N3O7. The van der Waals surface area contributed by atoms with Crippen LogP contribution in [0, 0.1) is 0 Å². The van der Waals surface area contributed by atoms with Crippen molar-refractivity contribution < 1.29 is 33.4 Å². The standard InChI is InChI=1S/C25H35N3O7/c1-8-12-19(28(23(32)35-25(5,6)7)26-21(30)34-24(2,3)4)20(29)27-18(16-33-22(27)31)15-17-13-10-9-11-14-17/h8-11,13-14,18-19H,1,12,15-16H2,2-7H3,(H,26,30)/t18-,19?/m0/s1. The minimum absolute atomic E-state index is 0.00616. The van der Waals surface area contributed by atoms with Gasteiger partial charge in [-0.3, -0.25) is 4.79 Å². The van der Waals surface area contributed by atoms with Gasteiger partial charge in [-0.15, -0.1) is 6.58 Å². The van der Waals surface area contributed by atoms with E-state index in [0.29, 0.717) is 6.42 Å². The van der Waals surface area contributed by atoms with Gasteiger partial charge in [0.2, 0.25) is 0 Å². The second-order valence-corrected chi connectivity index (χ2v) is 10.1. The average molecular weight is 490 g/mol. The van der Waals surface area contributed by atoms with E-state index in [1.165, 1.54) is 6.08 Å². The third-order valence-electron chi connectivity index (χ3n) is 4.70. The summed E-state index contributed by atoms with van der Waals surface area (Å²) in [5, 5.41) is 0.745. The van der Waals surface area contributed by atoms with E-state index in [4.69, 9.17) is 14.2 Å². The second-order valence-electron chi connectivity index (χ2n) is 10.1. The Morgan fingerprint density at radius 1 is 1.14 bits per heavy atom. The highest BCUT2D eigenvalue weighted by Gasteiger charge is 2.44. The fraction of sp³-hybridized carbons (Fsp3) is 0.520. The molecule has 192 valence electrons.